The third kappa shape index (κ3) is 2.44. The zero-order valence-electron chi connectivity index (χ0n) is 9.77. The molecule has 0 bridgehead atoms. The molecule has 78 valence electrons. The first-order valence-electron chi connectivity index (χ1n) is 5.08. The summed E-state index contributed by atoms with van der Waals surface area (Å²) >= 11 is 0. The smallest absolute Gasteiger partial charge is 0.0973 e. The minimum atomic E-state index is 0.224. The van der Waals surface area contributed by atoms with Gasteiger partial charge in [0.1, 0.15) is 0 Å². The van der Waals surface area contributed by atoms with Gasteiger partial charge in [0.05, 0.1) is 12.8 Å². The molecular formula is C11H23NO. The van der Waals surface area contributed by atoms with E-state index < -0.39 is 0 Å². The second-order valence-electron chi connectivity index (χ2n) is 6.15. The van der Waals surface area contributed by atoms with E-state index >= 15 is 0 Å². The quantitative estimate of drug-likeness (QED) is 0.625. The van der Waals surface area contributed by atoms with Gasteiger partial charge in [-0.05, 0) is 10.8 Å². The Bertz CT molecular complexity index is 156. The fourth-order valence-corrected chi connectivity index (χ4v) is 1.94. The molecule has 1 aliphatic heterocycles. The highest BCUT2D eigenvalue weighted by Gasteiger charge is 2.42. The monoisotopic (exact) mass is 185 g/mol. The van der Waals surface area contributed by atoms with E-state index in [1.165, 1.54) is 0 Å². The van der Waals surface area contributed by atoms with Gasteiger partial charge in [0, 0.05) is 6.04 Å². The van der Waals surface area contributed by atoms with Crippen molar-refractivity contribution in [3.05, 3.63) is 0 Å². The highest BCUT2D eigenvalue weighted by molar-refractivity contribution is 4.95. The average Bonchev–Trinajstić information content (AvgIpc) is 2.27. The average molecular weight is 185 g/mol. The Morgan fingerprint density at radius 3 is 1.85 bits per heavy atom. The molecule has 1 heterocycles. The lowest BCUT2D eigenvalue weighted by molar-refractivity contribution is 0.00411. The van der Waals surface area contributed by atoms with Crippen molar-refractivity contribution in [2.75, 3.05) is 6.73 Å². The molecule has 2 unspecified atom stereocenters. The topological polar surface area (TPSA) is 21.3 Å². The molecule has 2 atom stereocenters. The number of hydrogen-bond donors (Lipinski definition) is 1. The molecule has 2 heteroatoms. The maximum absolute atomic E-state index is 5.75. The van der Waals surface area contributed by atoms with Crippen molar-refractivity contribution in [3.8, 4) is 0 Å². The van der Waals surface area contributed by atoms with Gasteiger partial charge in [-0.15, -0.1) is 0 Å². The lowest BCUT2D eigenvalue weighted by atomic mass is 9.75. The molecule has 0 aromatic rings. The molecule has 1 rings (SSSR count). The number of ether oxygens (including phenoxy) is 1. The second kappa shape index (κ2) is 3.25. The molecule has 0 spiro atoms. The Morgan fingerprint density at radius 2 is 1.54 bits per heavy atom. The van der Waals surface area contributed by atoms with E-state index in [-0.39, 0.29) is 10.8 Å². The highest BCUT2D eigenvalue weighted by atomic mass is 16.5. The largest absolute Gasteiger partial charge is 0.361 e. The van der Waals surface area contributed by atoms with Crippen LogP contribution in [0.3, 0.4) is 0 Å². The zero-order chi connectivity index (χ0) is 10.3. The van der Waals surface area contributed by atoms with E-state index in [1.807, 2.05) is 0 Å². The SMILES string of the molecule is CC(C)(C)C1NCOC1C(C)(C)C. The lowest BCUT2D eigenvalue weighted by Gasteiger charge is -2.37. The molecule has 0 aliphatic carbocycles. The summed E-state index contributed by atoms with van der Waals surface area (Å²) in [6, 6.07) is 0.465. The van der Waals surface area contributed by atoms with E-state index in [0.717, 1.165) is 0 Å². The summed E-state index contributed by atoms with van der Waals surface area (Å²) in [4.78, 5) is 0. The Labute approximate surface area is 82.0 Å². The maximum atomic E-state index is 5.75. The second-order valence-corrected chi connectivity index (χ2v) is 6.15. The summed E-state index contributed by atoms with van der Waals surface area (Å²) in [5.74, 6) is 0. The first-order valence-corrected chi connectivity index (χ1v) is 5.08. The third-order valence-corrected chi connectivity index (χ3v) is 2.66. The van der Waals surface area contributed by atoms with E-state index in [2.05, 4.69) is 46.9 Å². The van der Waals surface area contributed by atoms with Crippen LogP contribution < -0.4 is 5.32 Å². The minimum absolute atomic E-state index is 0.224. The first kappa shape index (κ1) is 11.0. The Hall–Kier alpha value is -0.0800. The summed E-state index contributed by atoms with van der Waals surface area (Å²) in [6.45, 7) is 14.2. The summed E-state index contributed by atoms with van der Waals surface area (Å²) in [7, 11) is 0. The Balaban J connectivity index is 2.76. The van der Waals surface area contributed by atoms with Gasteiger partial charge in [-0.3, -0.25) is 5.32 Å². The van der Waals surface area contributed by atoms with Gasteiger partial charge in [-0.25, -0.2) is 0 Å². The minimum Gasteiger partial charge on any atom is -0.361 e. The Morgan fingerprint density at radius 1 is 1.00 bits per heavy atom. The number of nitrogens with one attached hydrogen (secondary N) is 1. The van der Waals surface area contributed by atoms with Crippen LogP contribution in [0, 0.1) is 10.8 Å². The fraction of sp³-hybridized carbons (Fsp3) is 1.00. The van der Waals surface area contributed by atoms with E-state index in [4.69, 9.17) is 4.74 Å². The van der Waals surface area contributed by atoms with Gasteiger partial charge in [0.2, 0.25) is 0 Å². The van der Waals surface area contributed by atoms with Crippen LogP contribution >= 0.6 is 0 Å². The van der Waals surface area contributed by atoms with Crippen LogP contribution in [0.4, 0.5) is 0 Å². The van der Waals surface area contributed by atoms with Gasteiger partial charge in [-0.2, -0.15) is 0 Å². The van der Waals surface area contributed by atoms with Crippen LogP contribution in [-0.4, -0.2) is 18.9 Å². The van der Waals surface area contributed by atoms with Gasteiger partial charge >= 0.3 is 0 Å². The summed E-state index contributed by atoms with van der Waals surface area (Å²) in [5, 5.41) is 3.43. The fourth-order valence-electron chi connectivity index (χ4n) is 1.94. The summed E-state index contributed by atoms with van der Waals surface area (Å²) < 4.78 is 5.75. The van der Waals surface area contributed by atoms with Gasteiger partial charge in [0.25, 0.3) is 0 Å². The normalized spacial score (nSPS) is 30.9. The highest BCUT2D eigenvalue weighted by Crippen LogP contribution is 2.35. The van der Waals surface area contributed by atoms with E-state index in [0.29, 0.717) is 18.9 Å². The molecule has 1 aliphatic rings. The zero-order valence-corrected chi connectivity index (χ0v) is 9.77. The van der Waals surface area contributed by atoms with Crippen LogP contribution in [-0.2, 0) is 4.74 Å². The molecular weight excluding hydrogens is 162 g/mol. The first-order chi connectivity index (χ1) is 5.73. The van der Waals surface area contributed by atoms with Gasteiger partial charge in [0.15, 0.2) is 0 Å². The molecule has 0 saturated carbocycles. The van der Waals surface area contributed by atoms with Crippen LogP contribution in [0.15, 0.2) is 0 Å². The number of hydrogen-bond acceptors (Lipinski definition) is 2. The van der Waals surface area contributed by atoms with Crippen molar-refractivity contribution in [3.63, 3.8) is 0 Å². The van der Waals surface area contributed by atoms with Crippen molar-refractivity contribution in [2.45, 2.75) is 53.7 Å². The standard InChI is InChI=1S/C11H23NO/c1-10(2,3)8-9(11(4,5)6)13-7-12-8/h8-9,12H,7H2,1-6H3. The Kier molecular flexibility index (Phi) is 2.75. The molecule has 1 saturated heterocycles. The molecule has 0 aromatic heterocycles. The molecule has 13 heavy (non-hydrogen) atoms. The van der Waals surface area contributed by atoms with Crippen LogP contribution in [0.5, 0.6) is 0 Å². The molecule has 1 fully saturated rings. The van der Waals surface area contributed by atoms with Crippen molar-refractivity contribution >= 4 is 0 Å². The molecule has 1 N–H and O–H groups in total. The predicted octanol–water partition coefficient (Wildman–Crippen LogP) is 2.39. The van der Waals surface area contributed by atoms with Gasteiger partial charge < -0.3 is 4.74 Å². The van der Waals surface area contributed by atoms with Crippen LogP contribution in [0.2, 0.25) is 0 Å². The van der Waals surface area contributed by atoms with E-state index in [9.17, 15) is 0 Å². The van der Waals surface area contributed by atoms with Crippen molar-refractivity contribution < 1.29 is 4.74 Å². The predicted molar refractivity (Wildman–Crippen MR) is 55.6 cm³/mol. The van der Waals surface area contributed by atoms with Crippen molar-refractivity contribution in [1.29, 1.82) is 0 Å². The van der Waals surface area contributed by atoms with Crippen LogP contribution in [0.25, 0.3) is 0 Å². The summed E-state index contributed by atoms with van der Waals surface area (Å²) in [5.41, 5.74) is 0.496. The lowest BCUT2D eigenvalue weighted by Crippen LogP contribution is -2.47. The van der Waals surface area contributed by atoms with E-state index in [1.54, 1.807) is 0 Å². The van der Waals surface area contributed by atoms with Gasteiger partial charge in [-0.1, -0.05) is 41.5 Å². The number of rotatable bonds is 0. The molecule has 0 aromatic carbocycles. The summed E-state index contributed by atoms with van der Waals surface area (Å²) in [6.07, 6.45) is 0.326. The van der Waals surface area contributed by atoms with Crippen LogP contribution in [0.1, 0.15) is 41.5 Å². The van der Waals surface area contributed by atoms with Crippen molar-refractivity contribution in [2.24, 2.45) is 10.8 Å². The van der Waals surface area contributed by atoms with Crippen molar-refractivity contribution in [1.82, 2.24) is 5.32 Å². The molecule has 0 amide bonds. The maximum Gasteiger partial charge on any atom is 0.0973 e. The molecule has 0 radical (unpaired) electrons. The molecule has 2 nitrogen and oxygen atoms in total. The third-order valence-electron chi connectivity index (χ3n) is 2.66.